The minimum atomic E-state index is -0.324. The number of rotatable bonds is 5. The standard InChI is InChI=1S/C20H19FN2OS/c1-2-3-5-14-8-10-17(11-9-14)22-20-23-19(24)18(25-20)13-15-6-4-7-16(21)12-15/h4,6-13H,2-3,5H2,1H3,(H,22,23,24). The molecule has 0 saturated carbocycles. The van der Waals surface area contributed by atoms with E-state index in [2.05, 4.69) is 29.4 Å². The Labute approximate surface area is 151 Å². The number of carbonyl (C=O) groups is 1. The zero-order valence-corrected chi connectivity index (χ0v) is 14.8. The van der Waals surface area contributed by atoms with E-state index in [9.17, 15) is 9.18 Å². The van der Waals surface area contributed by atoms with Crippen molar-refractivity contribution in [3.8, 4) is 0 Å². The number of halogens is 1. The van der Waals surface area contributed by atoms with Gasteiger partial charge in [-0.25, -0.2) is 9.38 Å². The quantitative estimate of drug-likeness (QED) is 0.763. The van der Waals surface area contributed by atoms with Crippen LogP contribution in [0.2, 0.25) is 0 Å². The minimum absolute atomic E-state index is 0.215. The summed E-state index contributed by atoms with van der Waals surface area (Å²) in [5, 5.41) is 3.28. The Balaban J connectivity index is 1.72. The molecule has 0 aromatic heterocycles. The molecule has 3 nitrogen and oxygen atoms in total. The van der Waals surface area contributed by atoms with E-state index in [1.165, 1.54) is 42.3 Å². The van der Waals surface area contributed by atoms with Crippen molar-refractivity contribution in [1.29, 1.82) is 0 Å². The number of thioether (sulfide) groups is 1. The van der Waals surface area contributed by atoms with Crippen LogP contribution >= 0.6 is 11.8 Å². The normalized spacial score (nSPS) is 17.3. The summed E-state index contributed by atoms with van der Waals surface area (Å²) in [7, 11) is 0. The number of amides is 1. The number of benzene rings is 2. The molecule has 5 heteroatoms. The second-order valence-electron chi connectivity index (χ2n) is 5.81. The van der Waals surface area contributed by atoms with Gasteiger partial charge >= 0.3 is 0 Å². The predicted molar refractivity (Wildman–Crippen MR) is 102 cm³/mol. The van der Waals surface area contributed by atoms with Crippen molar-refractivity contribution in [3.05, 3.63) is 70.4 Å². The average molecular weight is 354 g/mol. The Morgan fingerprint density at radius 1 is 1.20 bits per heavy atom. The van der Waals surface area contributed by atoms with Crippen molar-refractivity contribution in [2.45, 2.75) is 26.2 Å². The summed E-state index contributed by atoms with van der Waals surface area (Å²) in [6.07, 6.45) is 5.08. The molecule has 2 aromatic carbocycles. The molecule has 1 amide bonds. The van der Waals surface area contributed by atoms with Crippen LogP contribution in [-0.2, 0) is 11.2 Å². The third-order valence-electron chi connectivity index (χ3n) is 3.78. The Hall–Kier alpha value is -2.40. The van der Waals surface area contributed by atoms with Crippen molar-refractivity contribution in [3.63, 3.8) is 0 Å². The lowest BCUT2D eigenvalue weighted by Gasteiger charge is -2.01. The van der Waals surface area contributed by atoms with E-state index in [4.69, 9.17) is 0 Å². The van der Waals surface area contributed by atoms with Gasteiger partial charge in [-0.05, 0) is 66.1 Å². The van der Waals surface area contributed by atoms with E-state index in [-0.39, 0.29) is 11.7 Å². The fraction of sp³-hybridized carbons (Fsp3) is 0.200. The van der Waals surface area contributed by atoms with Gasteiger partial charge in [0.05, 0.1) is 10.6 Å². The molecule has 1 aliphatic heterocycles. The summed E-state index contributed by atoms with van der Waals surface area (Å²) in [6.45, 7) is 2.18. The summed E-state index contributed by atoms with van der Waals surface area (Å²) in [6, 6.07) is 14.2. The van der Waals surface area contributed by atoms with Gasteiger partial charge in [-0.15, -0.1) is 0 Å². The third kappa shape index (κ3) is 4.79. The van der Waals surface area contributed by atoms with Gasteiger partial charge in [0.25, 0.3) is 5.91 Å². The van der Waals surface area contributed by atoms with E-state index in [1.54, 1.807) is 18.2 Å². The number of hydrogen-bond acceptors (Lipinski definition) is 3. The highest BCUT2D eigenvalue weighted by Gasteiger charge is 2.23. The highest BCUT2D eigenvalue weighted by molar-refractivity contribution is 8.18. The van der Waals surface area contributed by atoms with Crippen LogP contribution in [0.25, 0.3) is 6.08 Å². The molecule has 1 aliphatic rings. The number of nitrogens with zero attached hydrogens (tertiary/aromatic N) is 1. The molecular formula is C20H19FN2OS. The molecule has 1 heterocycles. The zero-order chi connectivity index (χ0) is 17.6. The van der Waals surface area contributed by atoms with E-state index < -0.39 is 0 Å². The van der Waals surface area contributed by atoms with E-state index >= 15 is 0 Å². The first-order valence-electron chi connectivity index (χ1n) is 8.28. The van der Waals surface area contributed by atoms with Crippen molar-refractivity contribution in [1.82, 2.24) is 5.32 Å². The van der Waals surface area contributed by atoms with Gasteiger partial charge < -0.3 is 5.32 Å². The van der Waals surface area contributed by atoms with Crippen molar-refractivity contribution in [2.75, 3.05) is 0 Å². The highest BCUT2D eigenvalue weighted by Crippen LogP contribution is 2.28. The van der Waals surface area contributed by atoms with Gasteiger partial charge in [-0.1, -0.05) is 37.6 Å². The molecule has 0 radical (unpaired) electrons. The maximum absolute atomic E-state index is 13.3. The molecule has 3 rings (SSSR count). The van der Waals surface area contributed by atoms with Gasteiger partial charge in [0.15, 0.2) is 5.17 Å². The molecule has 0 spiro atoms. The molecule has 0 unspecified atom stereocenters. The zero-order valence-electron chi connectivity index (χ0n) is 14.0. The van der Waals surface area contributed by atoms with Gasteiger partial charge in [-0.3, -0.25) is 4.79 Å². The first-order chi connectivity index (χ1) is 12.1. The molecule has 0 atom stereocenters. The molecule has 1 N–H and O–H groups in total. The topological polar surface area (TPSA) is 41.5 Å². The fourth-order valence-corrected chi connectivity index (χ4v) is 3.31. The number of amidine groups is 1. The Kier molecular flexibility index (Phi) is 5.66. The lowest BCUT2D eigenvalue weighted by molar-refractivity contribution is -0.115. The Bertz CT molecular complexity index is 828. The maximum atomic E-state index is 13.3. The van der Waals surface area contributed by atoms with Crippen molar-refractivity contribution < 1.29 is 9.18 Å². The molecule has 25 heavy (non-hydrogen) atoms. The number of aryl methyl sites for hydroxylation is 1. The smallest absolute Gasteiger partial charge is 0.264 e. The van der Waals surface area contributed by atoms with E-state index in [1.807, 2.05) is 12.1 Å². The lowest BCUT2D eigenvalue weighted by atomic mass is 10.1. The average Bonchev–Trinajstić information content (AvgIpc) is 2.93. The monoisotopic (exact) mass is 354 g/mol. The third-order valence-corrected chi connectivity index (χ3v) is 4.69. The Morgan fingerprint density at radius 2 is 2.00 bits per heavy atom. The number of aliphatic imine (C=N–C) groups is 1. The van der Waals surface area contributed by atoms with Crippen LogP contribution in [0.5, 0.6) is 0 Å². The van der Waals surface area contributed by atoms with E-state index in [0.717, 1.165) is 12.1 Å². The van der Waals surface area contributed by atoms with Crippen LogP contribution in [0.15, 0.2) is 58.4 Å². The molecular weight excluding hydrogens is 335 g/mol. The van der Waals surface area contributed by atoms with Crippen LogP contribution in [0.4, 0.5) is 10.1 Å². The largest absolute Gasteiger partial charge is 0.300 e. The van der Waals surface area contributed by atoms with Crippen LogP contribution in [0, 0.1) is 5.82 Å². The first-order valence-corrected chi connectivity index (χ1v) is 9.10. The molecule has 0 bridgehead atoms. The summed E-state index contributed by atoms with van der Waals surface area (Å²) < 4.78 is 13.3. The molecule has 1 saturated heterocycles. The summed E-state index contributed by atoms with van der Waals surface area (Å²) in [4.78, 5) is 17.0. The summed E-state index contributed by atoms with van der Waals surface area (Å²) in [5.74, 6) is -0.539. The highest BCUT2D eigenvalue weighted by atomic mass is 32.2. The van der Waals surface area contributed by atoms with Gasteiger partial charge in [0.2, 0.25) is 0 Å². The fourth-order valence-electron chi connectivity index (χ4n) is 2.46. The second kappa shape index (κ2) is 8.12. The van der Waals surface area contributed by atoms with Crippen molar-refractivity contribution >= 4 is 34.6 Å². The van der Waals surface area contributed by atoms with Crippen LogP contribution in [-0.4, -0.2) is 11.1 Å². The predicted octanol–water partition coefficient (Wildman–Crippen LogP) is 5.06. The molecule has 1 fully saturated rings. The number of hydrogen-bond donors (Lipinski definition) is 1. The van der Waals surface area contributed by atoms with E-state index in [0.29, 0.717) is 15.6 Å². The maximum Gasteiger partial charge on any atom is 0.264 e. The summed E-state index contributed by atoms with van der Waals surface area (Å²) in [5.41, 5.74) is 2.75. The van der Waals surface area contributed by atoms with Crippen LogP contribution in [0.1, 0.15) is 30.9 Å². The number of nitrogens with one attached hydrogen (secondary N) is 1. The first kappa shape index (κ1) is 17.4. The van der Waals surface area contributed by atoms with Crippen LogP contribution < -0.4 is 5.32 Å². The second-order valence-corrected chi connectivity index (χ2v) is 6.84. The molecule has 2 aromatic rings. The van der Waals surface area contributed by atoms with Gasteiger partial charge in [-0.2, -0.15) is 0 Å². The number of unbranched alkanes of at least 4 members (excludes halogenated alkanes) is 1. The Morgan fingerprint density at radius 3 is 2.72 bits per heavy atom. The molecule has 128 valence electrons. The SMILES string of the molecule is CCCCc1ccc(N=C2NC(=O)C(=Cc3cccc(F)c3)S2)cc1. The number of carbonyl (C=O) groups excluding carboxylic acids is 1. The van der Waals surface area contributed by atoms with Crippen LogP contribution in [0.3, 0.4) is 0 Å². The van der Waals surface area contributed by atoms with Crippen molar-refractivity contribution in [2.24, 2.45) is 4.99 Å². The summed E-state index contributed by atoms with van der Waals surface area (Å²) >= 11 is 1.26. The lowest BCUT2D eigenvalue weighted by Crippen LogP contribution is -2.19. The van der Waals surface area contributed by atoms with Gasteiger partial charge in [0.1, 0.15) is 5.82 Å². The van der Waals surface area contributed by atoms with Gasteiger partial charge in [0, 0.05) is 0 Å². The molecule has 0 aliphatic carbocycles. The minimum Gasteiger partial charge on any atom is -0.300 e.